The van der Waals surface area contributed by atoms with E-state index in [1.165, 1.54) is 12.1 Å². The molecule has 6 heteroatoms. The second kappa shape index (κ2) is 3.83. The number of H-pyrrole nitrogens is 1. The Bertz CT molecular complexity index is 661. The van der Waals surface area contributed by atoms with Gasteiger partial charge in [0.05, 0.1) is 25.0 Å². The van der Waals surface area contributed by atoms with E-state index in [2.05, 4.69) is 9.97 Å². The number of carbonyl (C=O) groups is 1. The average molecular weight is 246 g/mol. The molecule has 3 heterocycles. The number of ketones is 1. The van der Waals surface area contributed by atoms with Gasteiger partial charge in [-0.15, -0.1) is 0 Å². The molecule has 0 atom stereocenters. The summed E-state index contributed by atoms with van der Waals surface area (Å²) < 4.78 is 13.2. The fourth-order valence-corrected chi connectivity index (χ4v) is 2.16. The Kier molecular flexibility index (Phi) is 2.29. The Morgan fingerprint density at radius 3 is 3.06 bits per heavy atom. The number of nitrogens with zero attached hydrogens (tertiary/aromatic N) is 2. The summed E-state index contributed by atoms with van der Waals surface area (Å²) in [4.78, 5) is 20.2. The first kappa shape index (κ1) is 10.8. The summed E-state index contributed by atoms with van der Waals surface area (Å²) >= 11 is 0. The molecule has 0 aliphatic carbocycles. The minimum absolute atomic E-state index is 0.0579. The molecule has 1 aliphatic heterocycles. The number of rotatable bonds is 1. The lowest BCUT2D eigenvalue weighted by molar-refractivity contribution is -0.113. The third-order valence-corrected chi connectivity index (χ3v) is 2.88. The second-order valence-electron chi connectivity index (χ2n) is 4.27. The molecule has 2 aromatic rings. The van der Waals surface area contributed by atoms with Gasteiger partial charge in [0.1, 0.15) is 11.5 Å². The van der Waals surface area contributed by atoms with E-state index in [9.17, 15) is 9.18 Å². The number of halogens is 1. The summed E-state index contributed by atoms with van der Waals surface area (Å²) in [6, 6.07) is 1.40. The first-order chi connectivity index (χ1) is 8.63. The van der Waals surface area contributed by atoms with Crippen molar-refractivity contribution in [2.24, 2.45) is 5.73 Å². The monoisotopic (exact) mass is 246 g/mol. The van der Waals surface area contributed by atoms with Crippen molar-refractivity contribution in [2.75, 3.05) is 18.0 Å². The predicted molar refractivity (Wildman–Crippen MR) is 65.5 cm³/mol. The number of carbonyl (C=O) groups excluding carboxylic acids is 1. The molecule has 3 N–H and O–H groups in total. The maximum Gasteiger partial charge on any atom is 0.176 e. The standard InChI is InChI=1S/C12H11FN4O/c13-7-1-10-11(4-16-12(10)15-3-7)17-5-8(14)2-9(18)6-17/h1-4H,5-6,14H2,(H,15,16). The van der Waals surface area contributed by atoms with Crippen LogP contribution in [0.4, 0.5) is 10.1 Å². The van der Waals surface area contributed by atoms with Crippen molar-refractivity contribution >= 4 is 22.5 Å². The SMILES string of the molecule is NC1=CC(=O)CN(c2c[nH]c3ncc(F)cc23)C1. The lowest BCUT2D eigenvalue weighted by Gasteiger charge is -2.26. The van der Waals surface area contributed by atoms with Crippen LogP contribution in [0.3, 0.4) is 0 Å². The van der Waals surface area contributed by atoms with Crippen LogP contribution in [-0.4, -0.2) is 28.8 Å². The maximum atomic E-state index is 13.2. The average Bonchev–Trinajstić information content (AvgIpc) is 2.70. The number of hydrogen-bond acceptors (Lipinski definition) is 4. The van der Waals surface area contributed by atoms with E-state index in [4.69, 9.17) is 5.73 Å². The molecule has 0 amide bonds. The summed E-state index contributed by atoms with van der Waals surface area (Å²) in [5, 5.41) is 0.650. The summed E-state index contributed by atoms with van der Waals surface area (Å²) in [7, 11) is 0. The summed E-state index contributed by atoms with van der Waals surface area (Å²) in [5.74, 6) is -0.465. The summed E-state index contributed by atoms with van der Waals surface area (Å²) in [6.07, 6.45) is 4.30. The molecule has 0 radical (unpaired) electrons. The Morgan fingerprint density at radius 2 is 2.28 bits per heavy atom. The minimum Gasteiger partial charge on any atom is -0.400 e. The molecule has 0 saturated carbocycles. The van der Waals surface area contributed by atoms with Crippen molar-refractivity contribution in [3.05, 3.63) is 36.1 Å². The van der Waals surface area contributed by atoms with E-state index in [1.807, 2.05) is 0 Å². The summed E-state index contributed by atoms with van der Waals surface area (Å²) in [5.41, 5.74) is 7.53. The zero-order valence-electron chi connectivity index (χ0n) is 9.48. The van der Waals surface area contributed by atoms with Gasteiger partial charge in [-0.1, -0.05) is 0 Å². The number of anilines is 1. The van der Waals surface area contributed by atoms with Gasteiger partial charge in [0.25, 0.3) is 0 Å². The van der Waals surface area contributed by atoms with Crippen molar-refractivity contribution < 1.29 is 9.18 Å². The van der Waals surface area contributed by atoms with Crippen LogP contribution in [0.25, 0.3) is 11.0 Å². The third kappa shape index (κ3) is 1.71. The van der Waals surface area contributed by atoms with Gasteiger partial charge in [-0.3, -0.25) is 4.79 Å². The summed E-state index contributed by atoms with van der Waals surface area (Å²) in [6.45, 7) is 0.694. The van der Waals surface area contributed by atoms with Gasteiger partial charge >= 0.3 is 0 Å². The molecule has 0 saturated heterocycles. The van der Waals surface area contributed by atoms with Crippen molar-refractivity contribution in [3.8, 4) is 0 Å². The largest absolute Gasteiger partial charge is 0.400 e. The first-order valence-electron chi connectivity index (χ1n) is 5.50. The molecule has 1 aliphatic rings. The molecule has 92 valence electrons. The van der Waals surface area contributed by atoms with E-state index in [0.29, 0.717) is 23.3 Å². The quantitative estimate of drug-likeness (QED) is 0.785. The van der Waals surface area contributed by atoms with E-state index in [0.717, 1.165) is 11.9 Å². The fourth-order valence-electron chi connectivity index (χ4n) is 2.16. The third-order valence-electron chi connectivity index (χ3n) is 2.88. The van der Waals surface area contributed by atoms with Crippen molar-refractivity contribution in [1.82, 2.24) is 9.97 Å². The highest BCUT2D eigenvalue weighted by molar-refractivity contribution is 5.98. The number of aromatic amines is 1. The number of nitrogens with one attached hydrogen (secondary N) is 1. The predicted octanol–water partition coefficient (Wildman–Crippen LogP) is 0.934. The van der Waals surface area contributed by atoms with Crippen molar-refractivity contribution in [1.29, 1.82) is 0 Å². The number of aromatic nitrogens is 2. The van der Waals surface area contributed by atoms with E-state index in [1.54, 1.807) is 11.1 Å². The van der Waals surface area contributed by atoms with Crippen LogP contribution in [0.5, 0.6) is 0 Å². The fraction of sp³-hybridized carbons (Fsp3) is 0.167. The lowest BCUT2D eigenvalue weighted by Crippen LogP contribution is -2.37. The normalized spacial score (nSPS) is 16.2. The smallest absolute Gasteiger partial charge is 0.176 e. The number of pyridine rings is 1. The highest BCUT2D eigenvalue weighted by Gasteiger charge is 2.20. The van der Waals surface area contributed by atoms with Gasteiger partial charge in [-0.2, -0.15) is 0 Å². The van der Waals surface area contributed by atoms with Crippen LogP contribution in [0.15, 0.2) is 30.2 Å². The topological polar surface area (TPSA) is 75.0 Å². The molecule has 5 nitrogen and oxygen atoms in total. The highest BCUT2D eigenvalue weighted by Crippen LogP contribution is 2.27. The molecule has 2 aromatic heterocycles. The Hall–Kier alpha value is -2.37. The Balaban J connectivity index is 2.07. The maximum absolute atomic E-state index is 13.2. The van der Waals surface area contributed by atoms with Crippen molar-refractivity contribution in [2.45, 2.75) is 0 Å². The number of hydrogen-bond donors (Lipinski definition) is 2. The number of nitrogens with two attached hydrogens (primary N) is 1. The van der Waals surface area contributed by atoms with Crippen LogP contribution in [-0.2, 0) is 4.79 Å². The van der Waals surface area contributed by atoms with Crippen LogP contribution in [0.1, 0.15) is 0 Å². The molecular weight excluding hydrogens is 235 g/mol. The van der Waals surface area contributed by atoms with Gasteiger partial charge in [0.15, 0.2) is 5.78 Å². The molecule has 18 heavy (non-hydrogen) atoms. The van der Waals surface area contributed by atoms with Gasteiger partial charge in [-0.25, -0.2) is 9.37 Å². The van der Waals surface area contributed by atoms with Gasteiger partial charge in [0, 0.05) is 23.4 Å². The molecule has 0 bridgehead atoms. The zero-order valence-corrected chi connectivity index (χ0v) is 9.48. The lowest BCUT2D eigenvalue weighted by atomic mass is 10.1. The molecule has 0 aromatic carbocycles. The number of fused-ring (bicyclic) bond motifs is 1. The van der Waals surface area contributed by atoms with Gasteiger partial charge < -0.3 is 15.6 Å². The van der Waals surface area contributed by atoms with Crippen LogP contribution >= 0.6 is 0 Å². The van der Waals surface area contributed by atoms with E-state index >= 15 is 0 Å². The van der Waals surface area contributed by atoms with E-state index in [-0.39, 0.29) is 12.3 Å². The van der Waals surface area contributed by atoms with Crippen molar-refractivity contribution in [3.63, 3.8) is 0 Å². The van der Waals surface area contributed by atoms with Crippen LogP contribution in [0, 0.1) is 5.82 Å². The first-order valence-corrected chi connectivity index (χ1v) is 5.50. The highest BCUT2D eigenvalue weighted by atomic mass is 19.1. The van der Waals surface area contributed by atoms with Crippen LogP contribution < -0.4 is 10.6 Å². The van der Waals surface area contributed by atoms with Gasteiger partial charge in [0.2, 0.25) is 0 Å². The second-order valence-corrected chi connectivity index (χ2v) is 4.27. The Morgan fingerprint density at radius 1 is 1.44 bits per heavy atom. The molecule has 3 rings (SSSR count). The van der Waals surface area contributed by atoms with Gasteiger partial charge in [-0.05, 0) is 6.07 Å². The molecule has 0 spiro atoms. The van der Waals surface area contributed by atoms with Crippen LogP contribution in [0.2, 0.25) is 0 Å². The van der Waals surface area contributed by atoms with E-state index < -0.39 is 5.82 Å². The minimum atomic E-state index is -0.407. The molecular formula is C12H11FN4O. The molecule has 0 fully saturated rings. The molecule has 0 unspecified atom stereocenters. The Labute approximate surface area is 102 Å². The zero-order chi connectivity index (χ0) is 12.7.